The van der Waals surface area contributed by atoms with Gasteiger partial charge in [-0.3, -0.25) is 19.2 Å². The zero-order valence-corrected chi connectivity index (χ0v) is 16.1. The topological polar surface area (TPSA) is 129 Å². The summed E-state index contributed by atoms with van der Waals surface area (Å²) in [7, 11) is 0. The lowest BCUT2D eigenvalue weighted by molar-refractivity contribution is -0.110. The number of phenolic OH excluding ortho intramolecular Hbond substituents is 2. The number of fused-ring (bicyclic) bond motifs is 3. The molecule has 0 bridgehead atoms. The number of aliphatic hydroxyl groups is 1. The van der Waals surface area contributed by atoms with E-state index in [1.165, 1.54) is 25.1 Å². The molecule has 0 spiro atoms. The highest BCUT2D eigenvalue weighted by atomic mass is 16.3. The van der Waals surface area contributed by atoms with Crippen molar-refractivity contribution in [1.82, 2.24) is 0 Å². The summed E-state index contributed by atoms with van der Waals surface area (Å²) in [6.45, 7) is 3.17. The molecule has 3 N–H and O–H groups in total. The minimum atomic E-state index is -1.11. The lowest BCUT2D eigenvalue weighted by Crippen LogP contribution is -2.25. The summed E-state index contributed by atoms with van der Waals surface area (Å²) in [6.07, 6.45) is 0.428. The highest BCUT2D eigenvalue weighted by molar-refractivity contribution is 6.62. The first-order chi connectivity index (χ1) is 14.1. The molecule has 2 atom stereocenters. The average molecular weight is 404 g/mol. The van der Waals surface area contributed by atoms with Crippen LogP contribution in [0.25, 0.3) is 11.3 Å². The molecule has 0 unspecified atom stereocenters. The molecule has 0 amide bonds. The second-order valence-corrected chi connectivity index (χ2v) is 8.11. The second kappa shape index (κ2) is 5.66. The predicted molar refractivity (Wildman–Crippen MR) is 105 cm³/mol. The van der Waals surface area contributed by atoms with Gasteiger partial charge in [0.2, 0.25) is 11.6 Å². The molecular formula is C23H16O7. The van der Waals surface area contributed by atoms with Gasteiger partial charge in [0.05, 0.1) is 16.7 Å². The van der Waals surface area contributed by atoms with Gasteiger partial charge in [-0.15, -0.1) is 0 Å². The van der Waals surface area contributed by atoms with Crippen LogP contribution in [0.5, 0.6) is 11.5 Å². The number of hydrogen-bond donors (Lipinski definition) is 3. The van der Waals surface area contributed by atoms with Crippen molar-refractivity contribution in [2.45, 2.75) is 20.3 Å². The van der Waals surface area contributed by atoms with Crippen LogP contribution in [-0.4, -0.2) is 38.5 Å². The van der Waals surface area contributed by atoms with E-state index in [0.717, 1.165) is 0 Å². The Balaban J connectivity index is 1.83. The second-order valence-electron chi connectivity index (χ2n) is 8.11. The third-order valence-electron chi connectivity index (χ3n) is 6.14. The van der Waals surface area contributed by atoms with Crippen molar-refractivity contribution in [3.8, 4) is 11.5 Å². The van der Waals surface area contributed by atoms with E-state index in [1.807, 2.05) is 0 Å². The van der Waals surface area contributed by atoms with E-state index in [1.54, 1.807) is 6.92 Å². The van der Waals surface area contributed by atoms with E-state index in [-0.39, 0.29) is 50.9 Å². The van der Waals surface area contributed by atoms with Crippen molar-refractivity contribution >= 4 is 34.5 Å². The number of aryl methyl sites for hydroxylation is 2. The lowest BCUT2D eigenvalue weighted by Gasteiger charge is -2.23. The van der Waals surface area contributed by atoms with Crippen LogP contribution >= 0.6 is 0 Å². The van der Waals surface area contributed by atoms with Crippen molar-refractivity contribution in [3.63, 3.8) is 0 Å². The van der Waals surface area contributed by atoms with Gasteiger partial charge in [0.25, 0.3) is 0 Å². The van der Waals surface area contributed by atoms with Gasteiger partial charge in [-0.05, 0) is 49.6 Å². The summed E-state index contributed by atoms with van der Waals surface area (Å²) in [4.78, 5) is 50.8. The minimum Gasteiger partial charge on any atom is -0.507 e. The van der Waals surface area contributed by atoms with E-state index in [9.17, 15) is 34.5 Å². The van der Waals surface area contributed by atoms with Crippen LogP contribution in [0.4, 0.5) is 0 Å². The summed E-state index contributed by atoms with van der Waals surface area (Å²) in [5.41, 5.74) is -0.202. The minimum absolute atomic E-state index is 0.0340. The zero-order chi connectivity index (χ0) is 21.6. The molecule has 3 aliphatic rings. The van der Waals surface area contributed by atoms with Crippen molar-refractivity contribution in [1.29, 1.82) is 0 Å². The maximum atomic E-state index is 12.9. The summed E-state index contributed by atoms with van der Waals surface area (Å²) in [6, 6.07) is 4.17. The van der Waals surface area contributed by atoms with Gasteiger partial charge < -0.3 is 15.3 Å². The van der Waals surface area contributed by atoms with Gasteiger partial charge in [0, 0.05) is 28.5 Å². The van der Waals surface area contributed by atoms with E-state index >= 15 is 0 Å². The quantitative estimate of drug-likeness (QED) is 0.623. The van der Waals surface area contributed by atoms with E-state index in [2.05, 4.69) is 0 Å². The Morgan fingerprint density at radius 3 is 2.13 bits per heavy atom. The van der Waals surface area contributed by atoms with Crippen LogP contribution in [0, 0.1) is 25.7 Å². The molecule has 1 saturated carbocycles. The number of rotatable bonds is 1. The fraction of sp³-hybridized carbons (Fsp3) is 0.217. The Morgan fingerprint density at radius 1 is 0.767 bits per heavy atom. The van der Waals surface area contributed by atoms with Crippen LogP contribution in [0.1, 0.15) is 59.7 Å². The Kier molecular flexibility index (Phi) is 3.45. The third kappa shape index (κ3) is 2.14. The first-order valence-corrected chi connectivity index (χ1v) is 9.45. The number of Topliss-reactive ketones (excluding diaryl/α,β-unsaturated/α-hetero) is 4. The summed E-state index contributed by atoms with van der Waals surface area (Å²) in [5, 5.41) is 31.9. The van der Waals surface area contributed by atoms with Crippen molar-refractivity contribution in [3.05, 3.63) is 57.1 Å². The van der Waals surface area contributed by atoms with E-state index < -0.39 is 40.3 Å². The molecule has 0 saturated heterocycles. The van der Waals surface area contributed by atoms with Crippen LogP contribution < -0.4 is 0 Å². The number of benzene rings is 2. The Hall–Kier alpha value is -3.74. The Bertz CT molecular complexity index is 1300. The number of allylic oxidation sites excluding steroid dienone is 1. The SMILES string of the molecule is Cc1cc(O)c2c(c1)C(O)=C(c1c(C)cc3c(c1O)C(=O)[C@H]1C[C@H]1C3=O)C(=O)C2=O. The first kappa shape index (κ1) is 18.3. The molecule has 1 fully saturated rings. The molecule has 2 aromatic rings. The van der Waals surface area contributed by atoms with Gasteiger partial charge in [-0.25, -0.2) is 0 Å². The van der Waals surface area contributed by atoms with Crippen LogP contribution in [0.15, 0.2) is 18.2 Å². The Morgan fingerprint density at radius 2 is 1.43 bits per heavy atom. The molecule has 3 aliphatic carbocycles. The molecule has 0 heterocycles. The van der Waals surface area contributed by atoms with Crippen LogP contribution in [0.3, 0.4) is 0 Å². The zero-order valence-electron chi connectivity index (χ0n) is 16.1. The maximum Gasteiger partial charge on any atom is 0.238 e. The van der Waals surface area contributed by atoms with Gasteiger partial charge in [-0.2, -0.15) is 0 Å². The van der Waals surface area contributed by atoms with E-state index in [0.29, 0.717) is 12.0 Å². The Labute approximate surface area is 170 Å². The molecule has 2 aromatic carbocycles. The number of hydrogen-bond acceptors (Lipinski definition) is 7. The monoisotopic (exact) mass is 404 g/mol. The number of carbonyl (C=O) groups excluding carboxylic acids is 4. The normalized spacial score (nSPS) is 22.1. The molecule has 30 heavy (non-hydrogen) atoms. The highest BCUT2D eigenvalue weighted by Gasteiger charge is 2.54. The summed E-state index contributed by atoms with van der Waals surface area (Å²) >= 11 is 0. The molecular weight excluding hydrogens is 388 g/mol. The van der Waals surface area contributed by atoms with Crippen LogP contribution in [-0.2, 0) is 4.79 Å². The molecule has 7 heteroatoms. The molecule has 7 nitrogen and oxygen atoms in total. The number of ketones is 4. The van der Waals surface area contributed by atoms with Gasteiger partial charge >= 0.3 is 0 Å². The number of aliphatic hydroxyl groups excluding tert-OH is 1. The molecule has 0 aliphatic heterocycles. The number of phenols is 2. The smallest absolute Gasteiger partial charge is 0.238 e. The molecule has 150 valence electrons. The molecule has 0 aromatic heterocycles. The largest absolute Gasteiger partial charge is 0.507 e. The van der Waals surface area contributed by atoms with Crippen LogP contribution in [0.2, 0.25) is 0 Å². The van der Waals surface area contributed by atoms with Gasteiger partial charge in [0.1, 0.15) is 17.3 Å². The van der Waals surface area contributed by atoms with Crippen molar-refractivity contribution in [2.24, 2.45) is 11.8 Å². The lowest BCUT2D eigenvalue weighted by atomic mass is 9.79. The summed E-state index contributed by atoms with van der Waals surface area (Å²) < 4.78 is 0. The van der Waals surface area contributed by atoms with E-state index in [4.69, 9.17) is 0 Å². The standard InChI is InChI=1S/C23H16O7/c1-7-3-11-15(13(24)4-7)22(29)23(30)17(20(11)27)14-8(2)5-12-16(21(14)28)19(26)10-6-9(10)18(12)25/h3-5,9-10,24,27-28H,6H2,1-2H3/t9-,10+/m1/s1. The van der Waals surface area contributed by atoms with Crippen molar-refractivity contribution in [2.75, 3.05) is 0 Å². The maximum absolute atomic E-state index is 12.9. The molecule has 0 radical (unpaired) electrons. The first-order valence-electron chi connectivity index (χ1n) is 9.45. The van der Waals surface area contributed by atoms with Gasteiger partial charge in [-0.1, -0.05) is 0 Å². The average Bonchev–Trinajstić information content (AvgIpc) is 3.47. The van der Waals surface area contributed by atoms with Gasteiger partial charge in [0.15, 0.2) is 11.6 Å². The fourth-order valence-electron chi connectivity index (χ4n) is 4.61. The highest BCUT2D eigenvalue weighted by Crippen LogP contribution is 2.52. The fourth-order valence-corrected chi connectivity index (χ4v) is 4.61. The third-order valence-corrected chi connectivity index (χ3v) is 6.14. The molecule has 5 rings (SSSR count). The number of aromatic hydroxyl groups is 2. The summed E-state index contributed by atoms with van der Waals surface area (Å²) in [5.74, 6) is -5.18. The van der Waals surface area contributed by atoms with Crippen molar-refractivity contribution < 1.29 is 34.5 Å². The number of carbonyl (C=O) groups is 4. The predicted octanol–water partition coefficient (Wildman–Crippen LogP) is 2.92.